The highest BCUT2D eigenvalue weighted by molar-refractivity contribution is 5.97. The number of aryl methyl sites for hydroxylation is 1. The summed E-state index contributed by atoms with van der Waals surface area (Å²) in [6.07, 6.45) is -1.86. The molecule has 1 amide bonds. The second kappa shape index (κ2) is 10.2. The summed E-state index contributed by atoms with van der Waals surface area (Å²) in [6, 6.07) is 1.63. The number of nitrogens with one attached hydrogen (secondary N) is 1. The first-order valence-corrected chi connectivity index (χ1v) is 12.0. The van der Waals surface area contributed by atoms with Crippen LogP contribution >= 0.6 is 0 Å². The minimum Gasteiger partial charge on any atom is -0.462 e. The first-order chi connectivity index (χ1) is 17.0. The van der Waals surface area contributed by atoms with Gasteiger partial charge in [-0.1, -0.05) is 13.8 Å². The van der Waals surface area contributed by atoms with E-state index in [9.17, 15) is 27.2 Å². The molecule has 0 radical (unpaired) electrons. The zero-order valence-corrected chi connectivity index (χ0v) is 20.2. The van der Waals surface area contributed by atoms with E-state index in [4.69, 9.17) is 9.47 Å². The molecule has 11 heteroatoms. The molecule has 36 heavy (non-hydrogen) atoms. The highest BCUT2D eigenvalue weighted by Crippen LogP contribution is 2.37. The van der Waals surface area contributed by atoms with Crippen molar-refractivity contribution in [3.63, 3.8) is 0 Å². The summed E-state index contributed by atoms with van der Waals surface area (Å²) in [7, 11) is 0. The van der Waals surface area contributed by atoms with Crippen LogP contribution in [0, 0.1) is 17.2 Å². The Hall–Kier alpha value is -2.95. The van der Waals surface area contributed by atoms with E-state index < -0.39 is 29.1 Å². The van der Waals surface area contributed by atoms with Crippen LogP contribution in [0.2, 0.25) is 0 Å². The second-order valence-corrected chi connectivity index (χ2v) is 9.67. The van der Waals surface area contributed by atoms with Crippen molar-refractivity contribution in [1.29, 1.82) is 0 Å². The maximum atomic E-state index is 14.0. The topological polar surface area (TPSA) is 82.5 Å². The predicted octanol–water partition coefficient (Wildman–Crippen LogP) is 4.18. The van der Waals surface area contributed by atoms with Crippen LogP contribution in [0.1, 0.15) is 64.4 Å². The third kappa shape index (κ3) is 5.40. The van der Waals surface area contributed by atoms with E-state index in [0.717, 1.165) is 18.5 Å². The summed E-state index contributed by atoms with van der Waals surface area (Å²) in [5.74, 6) is -2.71. The van der Waals surface area contributed by atoms with Crippen LogP contribution in [0.25, 0.3) is 0 Å². The smallest absolute Gasteiger partial charge is 0.416 e. The van der Waals surface area contributed by atoms with E-state index in [1.807, 2.05) is 6.92 Å². The number of carbonyl (C=O) groups is 2. The number of ether oxygens (including phenoxy) is 2. The predicted molar refractivity (Wildman–Crippen MR) is 121 cm³/mol. The molecule has 1 saturated heterocycles. The molecule has 2 aliphatic heterocycles. The molecule has 3 heterocycles. The standard InChI is InChI=1S/C25H29F4N3O4/c1-3-19-21-20(11-24(14-30-22(21)33)6-8-35-9-7-24)32(31-19)12-15(2)13-36-23(34)17-10-16(25(27,28)29)4-5-18(17)26/h4-5,10,15H,3,6-9,11-14H2,1-2H3,(H,30,33)/t15-/m1/s1. The number of amides is 1. The lowest BCUT2D eigenvalue weighted by atomic mass is 9.76. The van der Waals surface area contributed by atoms with E-state index in [-0.39, 0.29) is 23.8 Å². The summed E-state index contributed by atoms with van der Waals surface area (Å²) in [6.45, 7) is 5.68. The Morgan fingerprint density at radius 3 is 2.69 bits per heavy atom. The van der Waals surface area contributed by atoms with Crippen molar-refractivity contribution in [3.8, 4) is 0 Å². The van der Waals surface area contributed by atoms with Gasteiger partial charge in [-0.3, -0.25) is 9.48 Å². The fourth-order valence-corrected chi connectivity index (χ4v) is 4.83. The zero-order chi connectivity index (χ0) is 26.1. The molecule has 0 saturated carbocycles. The Morgan fingerprint density at radius 1 is 1.31 bits per heavy atom. The van der Waals surface area contributed by atoms with Crippen LogP contribution in [0.5, 0.6) is 0 Å². The number of carbonyl (C=O) groups excluding carboxylic acids is 2. The van der Waals surface area contributed by atoms with Crippen LogP contribution in [-0.4, -0.2) is 48.0 Å². The van der Waals surface area contributed by atoms with Gasteiger partial charge in [0, 0.05) is 32.2 Å². The quantitative estimate of drug-likeness (QED) is 0.465. The van der Waals surface area contributed by atoms with Crippen molar-refractivity contribution in [1.82, 2.24) is 15.1 Å². The molecule has 1 aromatic carbocycles. The second-order valence-electron chi connectivity index (χ2n) is 9.67. The minimum atomic E-state index is -4.71. The summed E-state index contributed by atoms with van der Waals surface area (Å²) < 4.78 is 65.4. The van der Waals surface area contributed by atoms with E-state index in [1.54, 1.807) is 11.6 Å². The van der Waals surface area contributed by atoms with E-state index in [2.05, 4.69) is 10.4 Å². The third-order valence-electron chi connectivity index (χ3n) is 6.91. The third-order valence-corrected chi connectivity index (χ3v) is 6.91. The lowest BCUT2D eigenvalue weighted by Gasteiger charge is -2.36. The number of benzene rings is 1. The van der Waals surface area contributed by atoms with Gasteiger partial charge in [0.05, 0.1) is 34.7 Å². The van der Waals surface area contributed by atoms with Crippen molar-refractivity contribution in [3.05, 3.63) is 52.1 Å². The average Bonchev–Trinajstić information content (AvgIpc) is 3.10. The molecular formula is C25H29F4N3O4. The van der Waals surface area contributed by atoms with Gasteiger partial charge in [0.2, 0.25) is 0 Å². The molecule has 1 spiro atoms. The largest absolute Gasteiger partial charge is 0.462 e. The first kappa shape index (κ1) is 26.1. The lowest BCUT2D eigenvalue weighted by molar-refractivity contribution is -0.137. The van der Waals surface area contributed by atoms with Gasteiger partial charge < -0.3 is 14.8 Å². The number of hydrogen-bond acceptors (Lipinski definition) is 5. The molecule has 2 aromatic rings. The van der Waals surface area contributed by atoms with Gasteiger partial charge in [-0.05, 0) is 49.3 Å². The fourth-order valence-electron chi connectivity index (χ4n) is 4.83. The van der Waals surface area contributed by atoms with Gasteiger partial charge in [-0.2, -0.15) is 18.3 Å². The molecule has 4 rings (SSSR count). The fraction of sp³-hybridized carbons (Fsp3) is 0.560. The van der Waals surface area contributed by atoms with Crippen molar-refractivity contribution < 1.29 is 36.6 Å². The molecule has 0 aliphatic carbocycles. The normalized spacial score (nSPS) is 18.3. The highest BCUT2D eigenvalue weighted by Gasteiger charge is 2.40. The van der Waals surface area contributed by atoms with E-state index in [1.165, 1.54) is 0 Å². The van der Waals surface area contributed by atoms with Crippen LogP contribution in [0.15, 0.2) is 18.2 Å². The SMILES string of the molecule is CCc1nn(C[C@@H](C)COC(=O)c2cc(C(F)(F)F)ccc2F)c2c1C(=O)NCC1(CCOCC1)C2. The molecule has 2 aliphatic rings. The molecule has 0 unspecified atom stereocenters. The molecule has 1 atom stereocenters. The van der Waals surface area contributed by atoms with Crippen molar-refractivity contribution in [2.24, 2.45) is 11.3 Å². The van der Waals surface area contributed by atoms with E-state index in [0.29, 0.717) is 68.6 Å². The molecule has 1 fully saturated rings. The Kier molecular flexibility index (Phi) is 7.40. The summed E-state index contributed by atoms with van der Waals surface area (Å²) >= 11 is 0. The number of nitrogens with zero attached hydrogens (tertiary/aromatic N) is 2. The van der Waals surface area contributed by atoms with Gasteiger partial charge in [0.15, 0.2) is 0 Å². The van der Waals surface area contributed by atoms with Crippen LogP contribution in [0.4, 0.5) is 17.6 Å². The molecule has 1 aromatic heterocycles. The molecule has 0 bridgehead atoms. The van der Waals surface area contributed by atoms with Crippen molar-refractivity contribution >= 4 is 11.9 Å². The van der Waals surface area contributed by atoms with Gasteiger partial charge in [-0.25, -0.2) is 9.18 Å². The molecule has 196 valence electrons. The summed E-state index contributed by atoms with van der Waals surface area (Å²) in [5.41, 5.74) is 0.0642. The maximum absolute atomic E-state index is 14.0. The molecular weight excluding hydrogens is 482 g/mol. The van der Waals surface area contributed by atoms with Crippen LogP contribution in [0.3, 0.4) is 0 Å². The summed E-state index contributed by atoms with van der Waals surface area (Å²) in [4.78, 5) is 25.3. The average molecular weight is 512 g/mol. The first-order valence-electron chi connectivity index (χ1n) is 12.0. The minimum absolute atomic E-state index is 0.126. The number of halogens is 4. The van der Waals surface area contributed by atoms with E-state index >= 15 is 0 Å². The Bertz CT molecular complexity index is 1140. The summed E-state index contributed by atoms with van der Waals surface area (Å²) in [5, 5.41) is 7.71. The van der Waals surface area contributed by atoms with Gasteiger partial charge in [-0.15, -0.1) is 0 Å². The number of esters is 1. The van der Waals surface area contributed by atoms with Crippen molar-refractivity contribution in [2.45, 2.75) is 52.3 Å². The number of aromatic nitrogens is 2. The number of alkyl halides is 3. The highest BCUT2D eigenvalue weighted by atomic mass is 19.4. The van der Waals surface area contributed by atoms with Gasteiger partial charge in [0.25, 0.3) is 5.91 Å². The number of fused-ring (bicyclic) bond motifs is 1. The monoisotopic (exact) mass is 511 g/mol. The Morgan fingerprint density at radius 2 is 2.03 bits per heavy atom. The van der Waals surface area contributed by atoms with Crippen molar-refractivity contribution in [2.75, 3.05) is 26.4 Å². The lowest BCUT2D eigenvalue weighted by Crippen LogP contribution is -2.41. The maximum Gasteiger partial charge on any atom is 0.416 e. The molecule has 1 N–H and O–H groups in total. The number of hydrogen-bond donors (Lipinski definition) is 1. The van der Waals surface area contributed by atoms with Gasteiger partial charge >= 0.3 is 12.1 Å². The van der Waals surface area contributed by atoms with Crippen LogP contribution < -0.4 is 5.32 Å². The molecule has 7 nitrogen and oxygen atoms in total. The number of rotatable bonds is 6. The zero-order valence-electron chi connectivity index (χ0n) is 20.2. The van der Waals surface area contributed by atoms with Crippen LogP contribution in [-0.2, 0) is 35.0 Å². The van der Waals surface area contributed by atoms with Gasteiger partial charge in [0.1, 0.15) is 5.82 Å². The Labute approximate surface area is 206 Å². The Balaban J connectivity index is 1.49.